The van der Waals surface area contributed by atoms with E-state index in [0.29, 0.717) is 40.3 Å². The van der Waals surface area contributed by atoms with E-state index in [-0.39, 0.29) is 52.4 Å². The summed E-state index contributed by atoms with van der Waals surface area (Å²) >= 11 is 4.06. The summed E-state index contributed by atoms with van der Waals surface area (Å²) in [5.74, 6) is 0.877. The van der Waals surface area contributed by atoms with Crippen LogP contribution in [0.5, 0.6) is 0 Å². The molecule has 0 saturated carbocycles. The molecule has 4 N–H and O–H groups in total. The van der Waals surface area contributed by atoms with Gasteiger partial charge in [0.15, 0.2) is 10.2 Å². The third-order valence-electron chi connectivity index (χ3n) is 8.27. The second-order valence-electron chi connectivity index (χ2n) is 12.8. The highest BCUT2D eigenvalue weighted by Gasteiger charge is 2.51. The maximum absolute atomic E-state index is 13.2. The van der Waals surface area contributed by atoms with E-state index in [1.165, 1.54) is 16.7 Å². The minimum atomic E-state index is -0.645. The number of rotatable bonds is 11. The third kappa shape index (κ3) is 6.77. The van der Waals surface area contributed by atoms with Gasteiger partial charge in [0.1, 0.15) is 5.76 Å². The number of carbonyl (C=O) groups excluding carboxylic acids is 4. The number of thioether (sulfide) groups is 2. The second kappa shape index (κ2) is 12.4. The van der Waals surface area contributed by atoms with Crippen LogP contribution in [0, 0.1) is 10.8 Å². The van der Waals surface area contributed by atoms with Crippen LogP contribution in [0.3, 0.4) is 0 Å². The first-order valence-electron chi connectivity index (χ1n) is 14.8. The van der Waals surface area contributed by atoms with E-state index >= 15 is 0 Å². The van der Waals surface area contributed by atoms with Crippen LogP contribution in [0.2, 0.25) is 0 Å². The van der Waals surface area contributed by atoms with Crippen LogP contribution in [0.25, 0.3) is 17.1 Å². The van der Waals surface area contributed by atoms with Gasteiger partial charge in [0.25, 0.3) is 11.1 Å². The number of H-pyrrole nitrogens is 1. The van der Waals surface area contributed by atoms with E-state index < -0.39 is 5.41 Å². The quantitative estimate of drug-likeness (QED) is 0.119. The van der Waals surface area contributed by atoms with Gasteiger partial charge in [-0.25, -0.2) is 9.78 Å². The fraction of sp³-hybridized carbons (Fsp3) is 0.452. The molecule has 11 nitrogen and oxygen atoms in total. The molecule has 45 heavy (non-hydrogen) atoms. The molecular formula is C31H36N6O5S3. The van der Waals surface area contributed by atoms with Crippen molar-refractivity contribution in [1.82, 2.24) is 30.8 Å². The molecule has 14 heteroatoms. The van der Waals surface area contributed by atoms with Crippen molar-refractivity contribution < 1.29 is 23.6 Å². The van der Waals surface area contributed by atoms with Gasteiger partial charge in [0.05, 0.1) is 28.0 Å². The number of nitrogens with one attached hydrogen (secondary N) is 4. The average Bonchev–Trinajstić information content (AvgIpc) is 3.78. The van der Waals surface area contributed by atoms with Crippen molar-refractivity contribution in [2.45, 2.75) is 68.1 Å². The number of carbonyl (C=O) groups is 4. The first-order chi connectivity index (χ1) is 21.4. The predicted molar refractivity (Wildman–Crippen MR) is 177 cm³/mol. The lowest BCUT2D eigenvalue weighted by Crippen LogP contribution is -2.48. The number of hydrogen-bond acceptors (Lipinski definition) is 9. The first-order valence-corrected chi connectivity index (χ1v) is 17.5. The highest BCUT2D eigenvalue weighted by molar-refractivity contribution is 8.18. The van der Waals surface area contributed by atoms with Gasteiger partial charge in [-0.3, -0.25) is 19.3 Å². The summed E-state index contributed by atoms with van der Waals surface area (Å²) in [7, 11) is 0. The van der Waals surface area contributed by atoms with Gasteiger partial charge in [-0.05, 0) is 66.0 Å². The smallest absolute Gasteiger partial charge is 0.315 e. The number of benzene rings is 1. The molecule has 0 spiro atoms. The molecule has 0 bridgehead atoms. The number of furan rings is 1. The fourth-order valence-corrected chi connectivity index (χ4v) is 9.69. The van der Waals surface area contributed by atoms with E-state index in [2.05, 4.69) is 39.8 Å². The molecule has 5 heterocycles. The highest BCUT2D eigenvalue weighted by Crippen LogP contribution is 2.47. The molecule has 6 rings (SSSR count). The highest BCUT2D eigenvalue weighted by atomic mass is 32.2. The number of aromatic nitrogens is 2. The number of imidazole rings is 1. The molecular weight excluding hydrogens is 633 g/mol. The number of amides is 5. The van der Waals surface area contributed by atoms with Gasteiger partial charge in [0.2, 0.25) is 5.91 Å². The maximum Gasteiger partial charge on any atom is 0.315 e. The molecule has 3 atom stereocenters. The van der Waals surface area contributed by atoms with E-state index in [1.807, 2.05) is 49.9 Å². The lowest BCUT2D eigenvalue weighted by Gasteiger charge is -2.39. The number of imide groups is 1. The van der Waals surface area contributed by atoms with E-state index in [9.17, 15) is 19.2 Å². The van der Waals surface area contributed by atoms with Crippen LogP contribution < -0.4 is 16.0 Å². The van der Waals surface area contributed by atoms with Crippen LogP contribution >= 0.6 is 35.3 Å². The largest absolute Gasteiger partial charge is 0.450 e. The molecule has 3 aromatic rings. The molecule has 0 aliphatic carbocycles. The SMILES string of the molecule is CC(C)(CC(C)(C)C1SC[C@@H]2NC(=O)N[C@H]12)C(=O)NCCCN1C(=O)S/C(=C\c2ccc(Sc3nc4ccccc4[nH]3)o2)C1=O. The zero-order valence-electron chi connectivity index (χ0n) is 25.5. The van der Waals surface area contributed by atoms with Crippen LogP contribution in [-0.4, -0.2) is 74.1 Å². The molecule has 1 unspecified atom stereocenters. The van der Waals surface area contributed by atoms with Gasteiger partial charge in [-0.1, -0.05) is 39.8 Å². The van der Waals surface area contributed by atoms with Crippen molar-refractivity contribution in [1.29, 1.82) is 0 Å². The Kier molecular flexibility index (Phi) is 8.74. The van der Waals surface area contributed by atoms with Crippen molar-refractivity contribution >= 4 is 75.5 Å². The summed E-state index contributed by atoms with van der Waals surface area (Å²) in [6.07, 6.45) is 2.66. The molecule has 238 valence electrons. The summed E-state index contributed by atoms with van der Waals surface area (Å²) in [6.45, 7) is 8.72. The summed E-state index contributed by atoms with van der Waals surface area (Å²) in [5.41, 5.74) is 0.958. The van der Waals surface area contributed by atoms with E-state index in [1.54, 1.807) is 18.2 Å². The summed E-state index contributed by atoms with van der Waals surface area (Å²) < 4.78 is 5.87. The number of fused-ring (bicyclic) bond motifs is 2. The molecule has 1 aromatic carbocycles. The van der Waals surface area contributed by atoms with Crippen molar-refractivity contribution in [3.63, 3.8) is 0 Å². The molecule has 3 aliphatic rings. The summed E-state index contributed by atoms with van der Waals surface area (Å²) in [5, 5.41) is 10.2. The Labute approximate surface area is 273 Å². The van der Waals surface area contributed by atoms with E-state index in [4.69, 9.17) is 4.42 Å². The zero-order valence-corrected chi connectivity index (χ0v) is 27.9. The Morgan fingerprint density at radius 3 is 2.76 bits per heavy atom. The Morgan fingerprint density at radius 1 is 1.16 bits per heavy atom. The predicted octanol–water partition coefficient (Wildman–Crippen LogP) is 5.46. The topological polar surface area (TPSA) is 149 Å². The first kappa shape index (κ1) is 31.6. The number of hydrogen-bond donors (Lipinski definition) is 4. The molecule has 0 radical (unpaired) electrons. The van der Waals surface area contributed by atoms with Gasteiger partial charge < -0.3 is 25.4 Å². The maximum atomic E-state index is 13.2. The lowest BCUT2D eigenvalue weighted by atomic mass is 9.71. The molecule has 3 aliphatic heterocycles. The number of nitrogens with zero attached hydrogens (tertiary/aromatic N) is 2. The fourth-order valence-electron chi connectivity index (χ4n) is 6.37. The van der Waals surface area contributed by atoms with Gasteiger partial charge >= 0.3 is 6.03 Å². The van der Waals surface area contributed by atoms with Crippen molar-refractivity contribution in [3.05, 3.63) is 47.1 Å². The zero-order chi connectivity index (χ0) is 31.9. The Hall–Kier alpha value is -3.36. The second-order valence-corrected chi connectivity index (χ2v) is 16.0. The summed E-state index contributed by atoms with van der Waals surface area (Å²) in [6, 6.07) is 11.4. The monoisotopic (exact) mass is 668 g/mol. The van der Waals surface area contributed by atoms with Crippen molar-refractivity contribution in [3.8, 4) is 0 Å². The Balaban J connectivity index is 0.978. The molecule has 3 saturated heterocycles. The number of para-hydroxylation sites is 2. The van der Waals surface area contributed by atoms with Crippen LogP contribution in [0.1, 0.15) is 46.3 Å². The molecule has 2 aromatic heterocycles. The number of urea groups is 1. The number of aromatic amines is 1. The summed E-state index contributed by atoms with van der Waals surface area (Å²) in [4.78, 5) is 60.0. The van der Waals surface area contributed by atoms with Gasteiger partial charge in [-0.15, -0.1) is 0 Å². The minimum absolute atomic E-state index is 0.0556. The van der Waals surface area contributed by atoms with Crippen LogP contribution in [0.15, 0.2) is 56.0 Å². The van der Waals surface area contributed by atoms with E-state index in [0.717, 1.165) is 28.5 Å². The minimum Gasteiger partial charge on any atom is -0.450 e. The van der Waals surface area contributed by atoms with Gasteiger partial charge in [0, 0.05) is 35.6 Å². The average molecular weight is 669 g/mol. The van der Waals surface area contributed by atoms with Crippen LogP contribution in [0.4, 0.5) is 9.59 Å². The third-order valence-corrected chi connectivity index (χ3v) is 11.8. The molecule has 3 fully saturated rings. The van der Waals surface area contributed by atoms with Crippen molar-refractivity contribution in [2.24, 2.45) is 10.8 Å². The van der Waals surface area contributed by atoms with Crippen LogP contribution in [-0.2, 0) is 9.59 Å². The lowest BCUT2D eigenvalue weighted by molar-refractivity contribution is -0.131. The normalized spacial score (nSPS) is 22.8. The Morgan fingerprint density at radius 2 is 1.96 bits per heavy atom. The van der Waals surface area contributed by atoms with Crippen molar-refractivity contribution in [2.75, 3.05) is 18.8 Å². The standard InChI is InChI=1S/C31H36N6O5S3/c1-30(2,24-23-20(15-43-24)33-27(40)36-23)16-31(3,4)26(39)32-12-7-13-37-25(38)21(44-29(37)41)14-17-10-11-22(42-17)45-28-34-18-8-5-6-9-19(18)35-28/h5-6,8-11,14,20,23-24H,7,12-13,15-16H2,1-4H3,(H,32,39)(H,34,35)(H2,33,36,40)/b21-14-/t20-,23-,24?/m0/s1. The van der Waals surface area contributed by atoms with Gasteiger partial charge in [-0.2, -0.15) is 11.8 Å². The Bertz CT molecular complexity index is 1650. The molecule has 5 amide bonds.